The molecule has 0 aromatic heterocycles. The zero-order valence-corrected chi connectivity index (χ0v) is 22.8. The fourth-order valence-electron chi connectivity index (χ4n) is 3.91. The summed E-state index contributed by atoms with van der Waals surface area (Å²) in [4.78, 5) is 53.6. The Balaban J connectivity index is 1.73. The van der Waals surface area contributed by atoms with Crippen LogP contribution in [0.25, 0.3) is 0 Å². The highest BCUT2D eigenvalue weighted by atomic mass is 16.6. The lowest BCUT2D eigenvalue weighted by atomic mass is 10.0. The number of amides is 3. The Morgan fingerprint density at radius 2 is 1.45 bits per heavy atom. The Bertz CT molecular complexity index is 1360. The summed E-state index contributed by atoms with van der Waals surface area (Å²) in [6, 6.07) is 21.3. The quantitative estimate of drug-likeness (QED) is 0.0634. The molecule has 3 rings (SSSR count). The van der Waals surface area contributed by atoms with Crippen molar-refractivity contribution >= 4 is 35.2 Å². The summed E-state index contributed by atoms with van der Waals surface area (Å²) in [6.07, 6.45) is -0.142. The fraction of sp³-hybridized carbons (Fsp3) is 0.241. The predicted octanol–water partition coefficient (Wildman–Crippen LogP) is 2.61. The molecule has 0 aliphatic rings. The first-order valence-corrected chi connectivity index (χ1v) is 13.1. The lowest BCUT2D eigenvalue weighted by molar-refractivity contribution is -0.384. The topological polar surface area (TPSA) is 204 Å². The zero-order valence-electron chi connectivity index (χ0n) is 22.8. The minimum atomic E-state index is -1.07. The Labute approximate surface area is 242 Å². The van der Waals surface area contributed by atoms with Crippen molar-refractivity contribution in [3.8, 4) is 0 Å². The van der Waals surface area contributed by atoms with Gasteiger partial charge in [0.2, 0.25) is 11.8 Å². The molecule has 3 aromatic rings. The average molecular weight is 576 g/mol. The second-order valence-electron chi connectivity index (χ2n) is 9.25. The predicted molar refractivity (Wildman–Crippen MR) is 157 cm³/mol. The number of alkyl carbamates (subject to hydrolysis) is 1. The van der Waals surface area contributed by atoms with Gasteiger partial charge in [0.15, 0.2) is 5.96 Å². The number of hydrogen-bond donors (Lipinski definition) is 5. The number of aliphatic imine (C=N–C) groups is 1. The van der Waals surface area contributed by atoms with Gasteiger partial charge >= 0.3 is 6.09 Å². The van der Waals surface area contributed by atoms with E-state index in [1.54, 1.807) is 12.1 Å². The molecule has 0 aliphatic heterocycles. The first-order chi connectivity index (χ1) is 20.2. The molecule has 3 amide bonds. The molecule has 0 aliphatic carbocycles. The van der Waals surface area contributed by atoms with Crippen LogP contribution in [-0.2, 0) is 27.4 Å². The Kier molecular flexibility index (Phi) is 11.8. The number of nitro groups is 1. The summed E-state index contributed by atoms with van der Waals surface area (Å²) in [6.45, 7) is 0.231. The van der Waals surface area contributed by atoms with E-state index >= 15 is 0 Å². The van der Waals surface area contributed by atoms with Gasteiger partial charge in [-0.15, -0.1) is 0 Å². The smallest absolute Gasteiger partial charge is 0.408 e. The number of carbonyl (C=O) groups excluding carboxylic acids is 3. The van der Waals surface area contributed by atoms with Gasteiger partial charge in [0.05, 0.1) is 4.92 Å². The highest BCUT2D eigenvalue weighted by Gasteiger charge is 2.27. The molecule has 42 heavy (non-hydrogen) atoms. The number of hydrogen-bond acceptors (Lipinski definition) is 7. The van der Waals surface area contributed by atoms with Crippen LogP contribution in [-0.4, -0.2) is 47.4 Å². The second-order valence-corrected chi connectivity index (χ2v) is 9.25. The van der Waals surface area contributed by atoms with Crippen molar-refractivity contribution in [2.45, 2.75) is 38.0 Å². The number of benzene rings is 3. The van der Waals surface area contributed by atoms with E-state index in [2.05, 4.69) is 20.9 Å². The van der Waals surface area contributed by atoms with E-state index in [4.69, 9.17) is 16.2 Å². The molecule has 0 heterocycles. The van der Waals surface area contributed by atoms with E-state index in [1.165, 1.54) is 24.3 Å². The van der Waals surface area contributed by atoms with Crippen molar-refractivity contribution in [2.75, 3.05) is 11.9 Å². The number of rotatable bonds is 14. The van der Waals surface area contributed by atoms with Gasteiger partial charge in [0, 0.05) is 30.8 Å². The fourth-order valence-corrected chi connectivity index (χ4v) is 3.91. The van der Waals surface area contributed by atoms with Gasteiger partial charge in [-0.3, -0.25) is 24.7 Å². The molecule has 13 nitrogen and oxygen atoms in total. The maximum Gasteiger partial charge on any atom is 0.408 e. The summed E-state index contributed by atoms with van der Waals surface area (Å²) in [5.41, 5.74) is 12.5. The lowest BCUT2D eigenvalue weighted by Crippen LogP contribution is -2.53. The van der Waals surface area contributed by atoms with Crippen LogP contribution in [0.1, 0.15) is 24.0 Å². The standard InChI is InChI=1S/C29H33N7O6/c30-28(31)32-17-7-12-24(26(37)33-22-13-15-23(16-14-22)36(40)41)34-27(38)25(18-20-8-3-1-4-9-20)35-29(39)42-19-21-10-5-2-6-11-21/h1-6,8-11,13-16,24-25H,7,12,17-19H2,(H,33,37)(H,34,38)(H,35,39)(H4,30,31,32). The molecule has 3 aromatic carbocycles. The Hall–Kier alpha value is -5.46. The molecule has 0 bridgehead atoms. The molecule has 13 heteroatoms. The van der Waals surface area contributed by atoms with Crippen LogP contribution in [0.2, 0.25) is 0 Å². The van der Waals surface area contributed by atoms with Gasteiger partial charge < -0.3 is 32.2 Å². The minimum Gasteiger partial charge on any atom is -0.445 e. The highest BCUT2D eigenvalue weighted by Crippen LogP contribution is 2.16. The Morgan fingerprint density at radius 3 is 2.05 bits per heavy atom. The number of ether oxygens (including phenoxy) is 1. The van der Waals surface area contributed by atoms with Crippen molar-refractivity contribution in [2.24, 2.45) is 16.5 Å². The second kappa shape index (κ2) is 16.0. The van der Waals surface area contributed by atoms with E-state index < -0.39 is 34.9 Å². The molecule has 0 spiro atoms. The number of nitro benzene ring substituents is 1. The van der Waals surface area contributed by atoms with E-state index in [9.17, 15) is 24.5 Å². The summed E-state index contributed by atoms with van der Waals surface area (Å²) in [5.74, 6) is -1.28. The molecular weight excluding hydrogens is 542 g/mol. The van der Waals surface area contributed by atoms with Gasteiger partial charge in [-0.05, 0) is 36.1 Å². The number of non-ortho nitro benzene ring substituents is 1. The molecule has 2 unspecified atom stereocenters. The van der Waals surface area contributed by atoms with Crippen molar-refractivity contribution < 1.29 is 24.0 Å². The largest absolute Gasteiger partial charge is 0.445 e. The monoisotopic (exact) mass is 575 g/mol. The van der Waals surface area contributed by atoms with E-state index in [1.807, 2.05) is 48.5 Å². The molecular formula is C29H33N7O6. The van der Waals surface area contributed by atoms with Gasteiger partial charge in [-0.1, -0.05) is 60.7 Å². The average Bonchev–Trinajstić information content (AvgIpc) is 2.98. The molecule has 220 valence electrons. The molecule has 0 saturated carbocycles. The van der Waals surface area contributed by atoms with Gasteiger partial charge in [-0.25, -0.2) is 4.79 Å². The molecule has 0 saturated heterocycles. The number of anilines is 1. The number of nitrogens with two attached hydrogens (primary N) is 2. The zero-order chi connectivity index (χ0) is 30.3. The van der Waals surface area contributed by atoms with E-state index in [0.29, 0.717) is 12.1 Å². The van der Waals surface area contributed by atoms with E-state index in [0.717, 1.165) is 11.1 Å². The summed E-state index contributed by atoms with van der Waals surface area (Å²) in [7, 11) is 0. The highest BCUT2D eigenvalue weighted by molar-refractivity contribution is 5.98. The number of guanidine groups is 1. The van der Waals surface area contributed by atoms with Gasteiger partial charge in [0.25, 0.3) is 5.69 Å². The first-order valence-electron chi connectivity index (χ1n) is 13.1. The van der Waals surface area contributed by atoms with Crippen molar-refractivity contribution in [3.63, 3.8) is 0 Å². The number of carbonyl (C=O) groups is 3. The van der Waals surface area contributed by atoms with Crippen molar-refractivity contribution in [3.05, 3.63) is 106 Å². The number of nitrogens with zero attached hydrogens (tertiary/aromatic N) is 2. The summed E-state index contributed by atoms with van der Waals surface area (Å²) in [5, 5.41) is 18.9. The third kappa shape index (κ3) is 10.6. The van der Waals surface area contributed by atoms with Crippen molar-refractivity contribution in [1.29, 1.82) is 0 Å². The third-order valence-electron chi connectivity index (χ3n) is 6.03. The van der Waals surface area contributed by atoms with Crippen LogP contribution in [0.3, 0.4) is 0 Å². The van der Waals surface area contributed by atoms with Crippen LogP contribution < -0.4 is 27.4 Å². The summed E-state index contributed by atoms with van der Waals surface area (Å²) >= 11 is 0. The van der Waals surface area contributed by atoms with Crippen LogP contribution >= 0.6 is 0 Å². The van der Waals surface area contributed by atoms with E-state index in [-0.39, 0.29) is 37.6 Å². The van der Waals surface area contributed by atoms with Gasteiger partial charge in [0.1, 0.15) is 18.7 Å². The maximum absolute atomic E-state index is 13.5. The minimum absolute atomic E-state index is 0.0113. The lowest BCUT2D eigenvalue weighted by Gasteiger charge is -2.23. The van der Waals surface area contributed by atoms with Crippen LogP contribution in [0, 0.1) is 10.1 Å². The van der Waals surface area contributed by atoms with Gasteiger partial charge in [-0.2, -0.15) is 0 Å². The van der Waals surface area contributed by atoms with Crippen LogP contribution in [0.4, 0.5) is 16.2 Å². The van der Waals surface area contributed by atoms with Crippen LogP contribution in [0.15, 0.2) is 89.9 Å². The molecule has 0 radical (unpaired) electrons. The molecule has 2 atom stereocenters. The SMILES string of the molecule is NC(N)=NCCCC(NC(=O)C(Cc1ccccc1)NC(=O)OCc1ccccc1)C(=O)Nc1ccc([N+](=O)[O-])cc1. The number of nitrogens with one attached hydrogen (secondary N) is 3. The molecule has 7 N–H and O–H groups in total. The Morgan fingerprint density at radius 1 is 0.833 bits per heavy atom. The molecule has 0 fully saturated rings. The first kappa shape index (κ1) is 31.1. The summed E-state index contributed by atoms with van der Waals surface area (Å²) < 4.78 is 5.31. The maximum atomic E-state index is 13.5. The van der Waals surface area contributed by atoms with Crippen molar-refractivity contribution in [1.82, 2.24) is 10.6 Å². The van der Waals surface area contributed by atoms with Crippen LogP contribution in [0.5, 0.6) is 0 Å². The third-order valence-corrected chi connectivity index (χ3v) is 6.03. The normalized spacial score (nSPS) is 11.8.